The minimum absolute atomic E-state index is 0.111. The van der Waals surface area contributed by atoms with E-state index in [0.717, 1.165) is 0 Å². The Kier molecular flexibility index (Phi) is 4.09. The van der Waals surface area contributed by atoms with Gasteiger partial charge in [-0.2, -0.15) is 0 Å². The predicted octanol–water partition coefficient (Wildman–Crippen LogP) is 2.51. The van der Waals surface area contributed by atoms with Crippen molar-refractivity contribution in [2.45, 2.75) is 26.8 Å². The summed E-state index contributed by atoms with van der Waals surface area (Å²) in [7, 11) is 0. The van der Waals surface area contributed by atoms with Gasteiger partial charge in [0.15, 0.2) is 0 Å². The molecule has 0 aliphatic carbocycles. The zero-order valence-electron chi connectivity index (χ0n) is 9.12. The summed E-state index contributed by atoms with van der Waals surface area (Å²) in [6, 6.07) is 3.42. The largest absolute Gasteiger partial charge is 0.349 e. The Labute approximate surface area is 94.9 Å². The zero-order chi connectivity index (χ0) is 11.4. The SMILES string of the molecule is CC(C)[C@H](C)NC(=O)c1ccc(Cl)nc1. The summed E-state index contributed by atoms with van der Waals surface area (Å²) in [4.78, 5) is 15.5. The molecule has 0 bridgehead atoms. The van der Waals surface area contributed by atoms with Gasteiger partial charge in [0.05, 0.1) is 5.56 Å². The first-order chi connectivity index (χ1) is 7.00. The third-order valence-electron chi connectivity index (χ3n) is 2.35. The van der Waals surface area contributed by atoms with Crippen LogP contribution in [0.5, 0.6) is 0 Å². The number of pyridine rings is 1. The number of amides is 1. The van der Waals surface area contributed by atoms with Crippen LogP contribution in [0.15, 0.2) is 18.3 Å². The molecule has 3 nitrogen and oxygen atoms in total. The highest BCUT2D eigenvalue weighted by atomic mass is 35.5. The van der Waals surface area contributed by atoms with Crippen LogP contribution in [-0.4, -0.2) is 16.9 Å². The third kappa shape index (κ3) is 3.51. The molecule has 0 saturated heterocycles. The normalized spacial score (nSPS) is 12.6. The van der Waals surface area contributed by atoms with E-state index in [4.69, 9.17) is 11.6 Å². The fourth-order valence-corrected chi connectivity index (χ4v) is 1.08. The Balaban J connectivity index is 2.65. The van der Waals surface area contributed by atoms with Crippen molar-refractivity contribution in [3.05, 3.63) is 29.0 Å². The summed E-state index contributed by atoms with van der Waals surface area (Å²) in [5.74, 6) is 0.301. The first kappa shape index (κ1) is 12.0. The van der Waals surface area contributed by atoms with E-state index in [1.807, 2.05) is 6.92 Å². The van der Waals surface area contributed by atoms with E-state index in [9.17, 15) is 4.79 Å². The summed E-state index contributed by atoms with van der Waals surface area (Å²) in [5.41, 5.74) is 0.534. The Morgan fingerprint density at radius 2 is 2.07 bits per heavy atom. The van der Waals surface area contributed by atoms with E-state index in [1.165, 1.54) is 6.20 Å². The quantitative estimate of drug-likeness (QED) is 0.805. The van der Waals surface area contributed by atoms with Gasteiger partial charge < -0.3 is 5.32 Å². The third-order valence-corrected chi connectivity index (χ3v) is 2.57. The van der Waals surface area contributed by atoms with E-state index >= 15 is 0 Å². The average Bonchev–Trinajstić information content (AvgIpc) is 2.18. The van der Waals surface area contributed by atoms with Gasteiger partial charge in [-0.05, 0) is 25.0 Å². The van der Waals surface area contributed by atoms with Crippen molar-refractivity contribution < 1.29 is 4.79 Å². The van der Waals surface area contributed by atoms with E-state index in [-0.39, 0.29) is 11.9 Å². The molecule has 1 amide bonds. The molecule has 1 aromatic rings. The summed E-state index contributed by atoms with van der Waals surface area (Å²) in [5, 5.41) is 3.29. The van der Waals surface area contributed by atoms with Crippen LogP contribution in [0.2, 0.25) is 5.15 Å². The fourth-order valence-electron chi connectivity index (χ4n) is 0.967. The summed E-state index contributed by atoms with van der Waals surface area (Å²) in [6.45, 7) is 6.10. The number of nitrogens with one attached hydrogen (secondary N) is 1. The minimum Gasteiger partial charge on any atom is -0.349 e. The number of rotatable bonds is 3. The van der Waals surface area contributed by atoms with Gasteiger partial charge >= 0.3 is 0 Å². The molecule has 1 rings (SSSR count). The molecular weight excluding hydrogens is 212 g/mol. The molecule has 0 saturated carbocycles. The highest BCUT2D eigenvalue weighted by molar-refractivity contribution is 6.29. The maximum Gasteiger partial charge on any atom is 0.253 e. The molecular formula is C11H15ClN2O. The maximum absolute atomic E-state index is 11.7. The summed E-state index contributed by atoms with van der Waals surface area (Å²) >= 11 is 5.63. The number of hydrogen-bond donors (Lipinski definition) is 1. The lowest BCUT2D eigenvalue weighted by Gasteiger charge is -2.17. The van der Waals surface area contributed by atoms with Gasteiger partial charge in [-0.1, -0.05) is 25.4 Å². The molecule has 15 heavy (non-hydrogen) atoms. The van der Waals surface area contributed by atoms with Gasteiger partial charge in [0.1, 0.15) is 5.15 Å². The summed E-state index contributed by atoms with van der Waals surface area (Å²) in [6.07, 6.45) is 1.48. The van der Waals surface area contributed by atoms with E-state index in [1.54, 1.807) is 12.1 Å². The van der Waals surface area contributed by atoms with Crippen molar-refractivity contribution in [3.63, 3.8) is 0 Å². The van der Waals surface area contributed by atoms with Gasteiger partial charge in [0.2, 0.25) is 0 Å². The van der Waals surface area contributed by atoms with Crippen molar-refractivity contribution in [2.24, 2.45) is 5.92 Å². The smallest absolute Gasteiger partial charge is 0.253 e. The molecule has 82 valence electrons. The van der Waals surface area contributed by atoms with E-state index < -0.39 is 0 Å². The first-order valence-corrected chi connectivity index (χ1v) is 5.31. The van der Waals surface area contributed by atoms with Crippen molar-refractivity contribution in [2.75, 3.05) is 0 Å². The first-order valence-electron chi connectivity index (χ1n) is 4.93. The molecule has 0 unspecified atom stereocenters. The van der Waals surface area contributed by atoms with Crippen LogP contribution in [0.25, 0.3) is 0 Å². The molecule has 0 aliphatic heterocycles. The highest BCUT2D eigenvalue weighted by Gasteiger charge is 2.12. The van der Waals surface area contributed by atoms with Gasteiger partial charge in [-0.25, -0.2) is 4.98 Å². The van der Waals surface area contributed by atoms with Crippen LogP contribution in [0.3, 0.4) is 0 Å². The highest BCUT2D eigenvalue weighted by Crippen LogP contribution is 2.06. The van der Waals surface area contributed by atoms with Crippen molar-refractivity contribution >= 4 is 17.5 Å². The lowest BCUT2D eigenvalue weighted by atomic mass is 10.1. The molecule has 1 atom stereocenters. The summed E-state index contributed by atoms with van der Waals surface area (Å²) < 4.78 is 0. The average molecular weight is 227 g/mol. The number of halogens is 1. The Bertz CT molecular complexity index is 335. The Morgan fingerprint density at radius 1 is 1.40 bits per heavy atom. The molecule has 0 aliphatic rings. The molecule has 0 fully saturated rings. The second kappa shape index (κ2) is 5.12. The molecule has 1 aromatic heterocycles. The van der Waals surface area contributed by atoms with Crippen LogP contribution in [0.1, 0.15) is 31.1 Å². The second-order valence-electron chi connectivity index (χ2n) is 3.88. The lowest BCUT2D eigenvalue weighted by Crippen LogP contribution is -2.36. The van der Waals surface area contributed by atoms with Gasteiger partial charge in [0.25, 0.3) is 5.91 Å². The molecule has 0 radical (unpaired) electrons. The van der Waals surface area contributed by atoms with Crippen LogP contribution in [0.4, 0.5) is 0 Å². The molecule has 1 N–H and O–H groups in total. The predicted molar refractivity (Wildman–Crippen MR) is 61.0 cm³/mol. The Morgan fingerprint density at radius 3 is 2.53 bits per heavy atom. The van der Waals surface area contributed by atoms with Crippen LogP contribution in [0, 0.1) is 5.92 Å². The van der Waals surface area contributed by atoms with Crippen molar-refractivity contribution in [3.8, 4) is 0 Å². The molecule has 0 aromatic carbocycles. The minimum atomic E-state index is -0.111. The van der Waals surface area contributed by atoms with Gasteiger partial charge in [-0.15, -0.1) is 0 Å². The van der Waals surface area contributed by atoms with Crippen LogP contribution >= 0.6 is 11.6 Å². The number of nitrogens with zero attached hydrogens (tertiary/aromatic N) is 1. The molecule has 0 spiro atoms. The van der Waals surface area contributed by atoms with E-state index in [0.29, 0.717) is 16.6 Å². The van der Waals surface area contributed by atoms with Gasteiger partial charge in [0, 0.05) is 12.2 Å². The Hall–Kier alpha value is -1.09. The maximum atomic E-state index is 11.7. The number of carbonyl (C=O) groups is 1. The zero-order valence-corrected chi connectivity index (χ0v) is 9.88. The van der Waals surface area contributed by atoms with Crippen LogP contribution < -0.4 is 5.32 Å². The fraction of sp³-hybridized carbons (Fsp3) is 0.455. The lowest BCUT2D eigenvalue weighted by molar-refractivity contribution is 0.0930. The number of carbonyl (C=O) groups excluding carboxylic acids is 1. The topological polar surface area (TPSA) is 42.0 Å². The second-order valence-corrected chi connectivity index (χ2v) is 4.26. The van der Waals surface area contributed by atoms with Crippen molar-refractivity contribution in [1.29, 1.82) is 0 Å². The number of aromatic nitrogens is 1. The van der Waals surface area contributed by atoms with Crippen molar-refractivity contribution in [1.82, 2.24) is 10.3 Å². The molecule has 4 heteroatoms. The van der Waals surface area contributed by atoms with Gasteiger partial charge in [-0.3, -0.25) is 4.79 Å². The monoisotopic (exact) mass is 226 g/mol. The standard InChI is InChI=1S/C11H15ClN2O/c1-7(2)8(3)14-11(15)9-4-5-10(12)13-6-9/h4-8H,1-3H3,(H,14,15)/t8-/m0/s1. The molecule has 1 heterocycles. The van der Waals surface area contributed by atoms with E-state index in [2.05, 4.69) is 24.1 Å². The van der Waals surface area contributed by atoms with Crippen LogP contribution in [-0.2, 0) is 0 Å². The number of hydrogen-bond acceptors (Lipinski definition) is 2.